The van der Waals surface area contributed by atoms with Gasteiger partial charge in [-0.3, -0.25) is 0 Å². The van der Waals surface area contributed by atoms with Crippen LogP contribution < -0.4 is 24.0 Å². The minimum Gasteiger partial charge on any atom is -0.497 e. The van der Waals surface area contributed by atoms with Crippen molar-refractivity contribution in [3.05, 3.63) is 243 Å². The van der Waals surface area contributed by atoms with E-state index in [4.69, 9.17) is 14.2 Å². The summed E-state index contributed by atoms with van der Waals surface area (Å²) < 4.78 is 18.5. The second kappa shape index (κ2) is 18.3. The molecule has 5 nitrogen and oxygen atoms in total. The van der Waals surface area contributed by atoms with Crippen LogP contribution in [0.15, 0.2) is 237 Å². The van der Waals surface area contributed by atoms with Gasteiger partial charge in [-0.25, -0.2) is 0 Å². The lowest BCUT2D eigenvalue weighted by atomic mass is 10.0. The van der Waals surface area contributed by atoms with Crippen molar-refractivity contribution in [2.75, 3.05) is 16.9 Å². The molecule has 0 radical (unpaired) electrons. The van der Waals surface area contributed by atoms with Crippen molar-refractivity contribution in [2.24, 2.45) is 0 Å². The summed E-state index contributed by atoms with van der Waals surface area (Å²) in [4.78, 5) is 4.48. The number of methoxy groups -OCH3 is 1. The van der Waals surface area contributed by atoms with Crippen LogP contribution in [0.25, 0.3) is 28.3 Å². The smallest absolute Gasteiger partial charge is 0.130 e. The number of ether oxygens (including phenoxy) is 3. The molecule has 9 aromatic rings. The molecular weight excluding hydrogens is 761 g/mol. The molecular formula is C57H44N2O3. The molecule has 9 rings (SSSR count). The van der Waals surface area contributed by atoms with E-state index in [1.54, 1.807) is 7.11 Å². The Morgan fingerprint density at radius 2 is 0.774 bits per heavy atom. The van der Waals surface area contributed by atoms with Gasteiger partial charge in [-0.15, -0.1) is 0 Å². The van der Waals surface area contributed by atoms with Crippen LogP contribution in [0.1, 0.15) is 5.56 Å². The monoisotopic (exact) mass is 804 g/mol. The molecule has 0 aliphatic heterocycles. The molecule has 0 aliphatic carbocycles. The highest BCUT2D eigenvalue weighted by Gasteiger charge is 2.18. The molecule has 0 bridgehead atoms. The molecule has 62 heavy (non-hydrogen) atoms. The van der Waals surface area contributed by atoms with Gasteiger partial charge in [0.15, 0.2) is 0 Å². The van der Waals surface area contributed by atoms with Crippen LogP contribution in [-0.2, 0) is 0 Å². The highest BCUT2D eigenvalue weighted by Crippen LogP contribution is 2.42. The summed E-state index contributed by atoms with van der Waals surface area (Å²) >= 11 is 0. The molecule has 300 valence electrons. The maximum Gasteiger partial charge on any atom is 0.130 e. The maximum absolute atomic E-state index is 6.77. The molecule has 0 unspecified atom stereocenters. The number of para-hydroxylation sites is 2. The Balaban J connectivity index is 1.05. The van der Waals surface area contributed by atoms with Crippen molar-refractivity contribution in [3.8, 4) is 51.0 Å². The van der Waals surface area contributed by atoms with Crippen molar-refractivity contribution in [2.45, 2.75) is 0 Å². The van der Waals surface area contributed by atoms with Gasteiger partial charge >= 0.3 is 0 Å². The Morgan fingerprint density at radius 3 is 1.39 bits per heavy atom. The summed E-state index contributed by atoms with van der Waals surface area (Å²) in [6.45, 7) is 3.90. The normalized spacial score (nSPS) is 10.7. The van der Waals surface area contributed by atoms with Crippen LogP contribution in [0.2, 0.25) is 0 Å². The molecule has 5 heteroatoms. The first-order valence-corrected chi connectivity index (χ1v) is 20.5. The van der Waals surface area contributed by atoms with Crippen LogP contribution in [0, 0.1) is 0 Å². The third kappa shape index (κ3) is 8.98. The fourth-order valence-corrected chi connectivity index (χ4v) is 7.53. The Kier molecular flexibility index (Phi) is 11.6. The van der Waals surface area contributed by atoms with Gasteiger partial charge in [-0.1, -0.05) is 122 Å². The van der Waals surface area contributed by atoms with Gasteiger partial charge in [0.1, 0.15) is 28.7 Å². The number of benzene rings is 9. The standard InChI is InChI=1S/C57H44N2O3/c1-3-42-15-13-23-55(37-42)62-56-24-14-22-51(40-56)58(47-18-9-5-10-19-47)50-31-35-54(36-32-50)61-57-39-46(43-16-7-4-8-17-43)38-52(41-57)59(48-20-11-6-12-21-48)49-29-25-44(26-30-49)45-27-33-53(60-2)34-28-45/h3-41H,1H2,2H3. The van der Waals surface area contributed by atoms with Crippen molar-refractivity contribution >= 4 is 40.2 Å². The topological polar surface area (TPSA) is 34.2 Å². The summed E-state index contributed by atoms with van der Waals surface area (Å²) in [5.41, 5.74) is 11.4. The molecule has 0 spiro atoms. The first kappa shape index (κ1) is 39.2. The summed E-state index contributed by atoms with van der Waals surface area (Å²) in [7, 11) is 1.69. The zero-order valence-electron chi connectivity index (χ0n) is 34.3. The first-order valence-electron chi connectivity index (χ1n) is 20.5. The number of nitrogens with zero attached hydrogens (tertiary/aromatic N) is 2. The average Bonchev–Trinajstić information content (AvgIpc) is 3.34. The van der Waals surface area contributed by atoms with Crippen LogP contribution >= 0.6 is 0 Å². The fraction of sp³-hybridized carbons (Fsp3) is 0.0175. The maximum atomic E-state index is 6.77. The van der Waals surface area contributed by atoms with E-state index in [0.29, 0.717) is 5.75 Å². The molecule has 0 aliphatic rings. The molecule has 0 N–H and O–H groups in total. The van der Waals surface area contributed by atoms with Crippen molar-refractivity contribution in [1.29, 1.82) is 0 Å². The predicted molar refractivity (Wildman–Crippen MR) is 256 cm³/mol. The summed E-state index contributed by atoms with van der Waals surface area (Å²) in [6.07, 6.45) is 1.82. The summed E-state index contributed by atoms with van der Waals surface area (Å²) in [5.74, 6) is 3.75. The van der Waals surface area contributed by atoms with Crippen molar-refractivity contribution in [1.82, 2.24) is 0 Å². The van der Waals surface area contributed by atoms with Gasteiger partial charge < -0.3 is 24.0 Å². The molecule has 0 fully saturated rings. The summed E-state index contributed by atoms with van der Waals surface area (Å²) in [6, 6.07) is 78.7. The van der Waals surface area contributed by atoms with Crippen molar-refractivity contribution < 1.29 is 14.2 Å². The van der Waals surface area contributed by atoms with E-state index in [1.807, 2.05) is 97.1 Å². The lowest BCUT2D eigenvalue weighted by Gasteiger charge is -2.27. The molecule has 0 atom stereocenters. The minimum absolute atomic E-state index is 0.715. The Morgan fingerprint density at radius 1 is 0.323 bits per heavy atom. The van der Waals surface area contributed by atoms with Gasteiger partial charge in [0, 0.05) is 40.6 Å². The van der Waals surface area contributed by atoms with E-state index in [0.717, 1.165) is 84.9 Å². The minimum atomic E-state index is 0.715. The van der Waals surface area contributed by atoms with E-state index in [2.05, 4.69) is 156 Å². The van der Waals surface area contributed by atoms with Crippen LogP contribution in [-0.4, -0.2) is 7.11 Å². The third-order valence-electron chi connectivity index (χ3n) is 10.6. The van der Waals surface area contributed by atoms with Crippen molar-refractivity contribution in [3.63, 3.8) is 0 Å². The first-order chi connectivity index (χ1) is 30.6. The predicted octanol–water partition coefficient (Wildman–Crippen LogP) is 16.2. The zero-order chi connectivity index (χ0) is 42.1. The fourth-order valence-electron chi connectivity index (χ4n) is 7.53. The van der Waals surface area contributed by atoms with Gasteiger partial charge in [-0.05, 0) is 137 Å². The zero-order valence-corrected chi connectivity index (χ0v) is 34.3. The Bertz CT molecular complexity index is 2880. The van der Waals surface area contributed by atoms with Gasteiger partial charge in [0.2, 0.25) is 0 Å². The van der Waals surface area contributed by atoms with E-state index in [-0.39, 0.29) is 0 Å². The largest absolute Gasteiger partial charge is 0.497 e. The Labute approximate surface area is 363 Å². The number of rotatable bonds is 14. The molecule has 0 aromatic heterocycles. The van der Waals surface area contributed by atoms with Gasteiger partial charge in [0.05, 0.1) is 12.8 Å². The quantitative estimate of drug-likeness (QED) is 0.109. The van der Waals surface area contributed by atoms with E-state index < -0.39 is 0 Å². The van der Waals surface area contributed by atoms with Crippen LogP contribution in [0.5, 0.6) is 28.7 Å². The van der Waals surface area contributed by atoms with Gasteiger partial charge in [0.25, 0.3) is 0 Å². The van der Waals surface area contributed by atoms with E-state index >= 15 is 0 Å². The van der Waals surface area contributed by atoms with E-state index in [1.165, 1.54) is 0 Å². The van der Waals surface area contributed by atoms with Crippen LogP contribution in [0.4, 0.5) is 34.1 Å². The molecule has 9 aromatic carbocycles. The van der Waals surface area contributed by atoms with E-state index in [9.17, 15) is 0 Å². The lowest BCUT2D eigenvalue weighted by Crippen LogP contribution is -2.10. The molecule has 0 heterocycles. The Hall–Kier alpha value is -8.28. The number of hydrogen-bond donors (Lipinski definition) is 0. The van der Waals surface area contributed by atoms with Gasteiger partial charge in [-0.2, -0.15) is 0 Å². The van der Waals surface area contributed by atoms with Crippen LogP contribution in [0.3, 0.4) is 0 Å². The SMILES string of the molecule is C=Cc1cccc(Oc2cccc(N(c3ccccc3)c3ccc(Oc4cc(-c5ccccc5)cc(N(c5ccccc5)c5ccc(-c6ccc(OC)cc6)cc5)c4)cc3)c2)c1. The molecule has 0 amide bonds. The second-order valence-corrected chi connectivity index (χ2v) is 14.7. The highest BCUT2D eigenvalue weighted by molar-refractivity contribution is 5.83. The average molecular weight is 805 g/mol. The number of anilines is 6. The summed E-state index contributed by atoms with van der Waals surface area (Å²) in [5, 5.41) is 0. The number of hydrogen-bond acceptors (Lipinski definition) is 5. The highest BCUT2D eigenvalue weighted by atomic mass is 16.5. The molecule has 0 saturated carbocycles. The third-order valence-corrected chi connectivity index (χ3v) is 10.6. The second-order valence-electron chi connectivity index (χ2n) is 14.7. The molecule has 0 saturated heterocycles. The lowest BCUT2D eigenvalue weighted by molar-refractivity contribution is 0.415.